The van der Waals surface area contributed by atoms with E-state index in [1.54, 1.807) is 11.9 Å². The van der Waals surface area contributed by atoms with Crippen LogP contribution < -0.4 is 16.0 Å². The molecule has 4 rings (SSSR count). The van der Waals surface area contributed by atoms with Crippen molar-refractivity contribution in [1.29, 1.82) is 0 Å². The Morgan fingerprint density at radius 1 is 1.06 bits per heavy atom. The van der Waals surface area contributed by atoms with E-state index in [2.05, 4.69) is 22.0 Å². The molecule has 0 aliphatic carbocycles. The lowest BCUT2D eigenvalue weighted by Gasteiger charge is -2.50. The number of urea groups is 1. The Balaban J connectivity index is 1.44. The normalized spacial score (nSPS) is 24.7. The van der Waals surface area contributed by atoms with Crippen molar-refractivity contribution in [3.63, 3.8) is 0 Å². The molecule has 0 bridgehead atoms. The highest BCUT2D eigenvalue weighted by atomic mass is 32.2. The number of hydrogen-bond acceptors (Lipinski definition) is 6. The number of benzene rings is 2. The summed E-state index contributed by atoms with van der Waals surface area (Å²) in [7, 11) is 3.20. The molecule has 0 aromatic heterocycles. The number of imide groups is 1. The van der Waals surface area contributed by atoms with E-state index in [1.807, 2.05) is 55.5 Å². The molecule has 2 aromatic rings. The molecule has 2 aromatic carbocycles. The van der Waals surface area contributed by atoms with Gasteiger partial charge in [-0.2, -0.15) is 0 Å². The zero-order valence-electron chi connectivity index (χ0n) is 19.7. The first-order valence-electron chi connectivity index (χ1n) is 11.4. The maximum absolute atomic E-state index is 13.1. The first-order chi connectivity index (χ1) is 16.3. The van der Waals surface area contributed by atoms with Crippen LogP contribution in [0.1, 0.15) is 22.9 Å². The Labute approximate surface area is 204 Å². The lowest BCUT2D eigenvalue weighted by molar-refractivity contribution is -0.140. The van der Waals surface area contributed by atoms with Gasteiger partial charge in [0, 0.05) is 20.6 Å². The molecular weight excluding hydrogens is 450 g/mol. The van der Waals surface area contributed by atoms with E-state index in [1.165, 1.54) is 24.4 Å². The number of carbonyl (C=O) groups is 3. The van der Waals surface area contributed by atoms with Crippen molar-refractivity contribution in [2.45, 2.75) is 31.0 Å². The van der Waals surface area contributed by atoms with Gasteiger partial charge in [-0.05, 0) is 24.5 Å². The van der Waals surface area contributed by atoms with Gasteiger partial charge in [-0.15, -0.1) is 11.8 Å². The van der Waals surface area contributed by atoms with Crippen LogP contribution in [0.3, 0.4) is 0 Å². The third-order valence-corrected chi connectivity index (χ3v) is 7.52. The minimum absolute atomic E-state index is 0.0778. The second kappa shape index (κ2) is 10.6. The van der Waals surface area contributed by atoms with Crippen molar-refractivity contribution in [3.8, 4) is 0 Å². The van der Waals surface area contributed by atoms with Crippen molar-refractivity contribution < 1.29 is 14.4 Å². The number of nitrogens with zero attached hydrogens (tertiary/aromatic N) is 2. The Bertz CT molecular complexity index is 1050. The summed E-state index contributed by atoms with van der Waals surface area (Å²) < 4.78 is 0. The van der Waals surface area contributed by atoms with Crippen LogP contribution in [-0.2, 0) is 16.0 Å². The van der Waals surface area contributed by atoms with E-state index in [4.69, 9.17) is 0 Å². The molecular formula is C25H31N5O3S. The van der Waals surface area contributed by atoms with Gasteiger partial charge in [0.2, 0.25) is 11.8 Å². The largest absolute Gasteiger partial charge is 0.355 e. The van der Waals surface area contributed by atoms with Crippen LogP contribution in [0.25, 0.3) is 0 Å². The second-order valence-electron chi connectivity index (χ2n) is 8.76. The fourth-order valence-corrected chi connectivity index (χ4v) is 5.59. The summed E-state index contributed by atoms with van der Waals surface area (Å²) in [5.41, 5.74) is 3.31. The van der Waals surface area contributed by atoms with E-state index in [9.17, 15) is 14.4 Å². The zero-order chi connectivity index (χ0) is 24.2. The van der Waals surface area contributed by atoms with E-state index < -0.39 is 12.1 Å². The Kier molecular flexibility index (Phi) is 7.55. The summed E-state index contributed by atoms with van der Waals surface area (Å²) >= 11 is 1.40. The number of aryl methyl sites for hydroxylation is 1. The molecule has 0 spiro atoms. The number of nitrogens with one attached hydrogen (secondary N) is 3. The van der Waals surface area contributed by atoms with Crippen LogP contribution in [0, 0.1) is 12.8 Å². The standard InChI is InChI=1S/C25H31N5O3S/c1-16-8-7-11-18(14-16)21-27-22-20(24(32)30(3)25(33)29(22)2)23(28-21)34-15-19(31)26-13-12-17-9-5-4-6-10-17/h4-11,14,20-23,27-28H,12-13,15H2,1-3H3,(H,26,31). The van der Waals surface area contributed by atoms with Gasteiger partial charge in [-0.1, -0.05) is 60.2 Å². The number of thioether (sulfide) groups is 1. The van der Waals surface area contributed by atoms with Crippen LogP contribution in [0.4, 0.5) is 4.79 Å². The maximum Gasteiger partial charge on any atom is 0.327 e. The average molecular weight is 482 g/mol. The van der Waals surface area contributed by atoms with Crippen molar-refractivity contribution in [2.75, 3.05) is 26.4 Å². The summed E-state index contributed by atoms with van der Waals surface area (Å²) in [4.78, 5) is 41.0. The van der Waals surface area contributed by atoms with Gasteiger partial charge in [0.1, 0.15) is 0 Å². The highest BCUT2D eigenvalue weighted by Crippen LogP contribution is 2.34. The van der Waals surface area contributed by atoms with Crippen molar-refractivity contribution in [2.24, 2.45) is 5.92 Å². The quantitative estimate of drug-likeness (QED) is 0.561. The first kappa shape index (κ1) is 24.3. The molecule has 0 saturated carbocycles. The summed E-state index contributed by atoms with van der Waals surface area (Å²) in [6.45, 7) is 2.58. The molecule has 2 fully saturated rings. The molecule has 4 unspecified atom stereocenters. The molecule has 9 heteroatoms. The monoisotopic (exact) mass is 481 g/mol. The highest BCUT2D eigenvalue weighted by Gasteiger charge is 2.51. The van der Waals surface area contributed by atoms with Crippen LogP contribution in [0.15, 0.2) is 54.6 Å². The van der Waals surface area contributed by atoms with Gasteiger partial charge < -0.3 is 10.2 Å². The van der Waals surface area contributed by atoms with E-state index in [-0.39, 0.29) is 35.1 Å². The van der Waals surface area contributed by atoms with Gasteiger partial charge in [-0.3, -0.25) is 25.1 Å². The molecule has 4 atom stereocenters. The number of rotatable bonds is 7. The minimum Gasteiger partial charge on any atom is -0.355 e. The Morgan fingerprint density at radius 2 is 1.82 bits per heavy atom. The van der Waals surface area contributed by atoms with Crippen molar-refractivity contribution in [1.82, 2.24) is 25.8 Å². The lowest BCUT2D eigenvalue weighted by Crippen LogP contribution is -2.72. The topological polar surface area (TPSA) is 93.8 Å². The summed E-state index contributed by atoms with van der Waals surface area (Å²) in [6.07, 6.45) is 0.0342. The predicted octanol–water partition coefficient (Wildman–Crippen LogP) is 2.07. The van der Waals surface area contributed by atoms with Gasteiger partial charge >= 0.3 is 6.03 Å². The van der Waals surface area contributed by atoms with Gasteiger partial charge in [0.25, 0.3) is 0 Å². The minimum atomic E-state index is -0.518. The van der Waals surface area contributed by atoms with Gasteiger partial charge in [0.05, 0.1) is 29.4 Å². The average Bonchev–Trinajstić information content (AvgIpc) is 2.85. The summed E-state index contributed by atoms with van der Waals surface area (Å²) in [6, 6.07) is 17.8. The van der Waals surface area contributed by atoms with E-state index in [0.717, 1.165) is 22.4 Å². The van der Waals surface area contributed by atoms with Crippen LogP contribution >= 0.6 is 11.8 Å². The smallest absolute Gasteiger partial charge is 0.327 e. The molecule has 2 aliphatic heterocycles. The zero-order valence-corrected chi connectivity index (χ0v) is 20.5. The molecule has 180 valence electrons. The molecule has 4 amide bonds. The number of amides is 4. The molecule has 2 heterocycles. The summed E-state index contributed by atoms with van der Waals surface area (Å²) in [5, 5.41) is 9.56. The lowest BCUT2D eigenvalue weighted by atomic mass is 9.95. The molecule has 0 radical (unpaired) electrons. The van der Waals surface area contributed by atoms with Gasteiger partial charge in [-0.25, -0.2) is 4.79 Å². The summed E-state index contributed by atoms with van der Waals surface area (Å²) in [5.74, 6) is -0.634. The first-order valence-corrected chi connectivity index (χ1v) is 12.5. The number of carbonyl (C=O) groups excluding carboxylic acids is 3. The number of hydrogen-bond donors (Lipinski definition) is 3. The fraction of sp³-hybridized carbons (Fsp3) is 0.400. The van der Waals surface area contributed by atoms with Crippen molar-refractivity contribution in [3.05, 3.63) is 71.3 Å². The molecule has 2 aliphatic rings. The van der Waals surface area contributed by atoms with Gasteiger partial charge in [0.15, 0.2) is 0 Å². The number of fused-ring (bicyclic) bond motifs is 1. The van der Waals surface area contributed by atoms with E-state index in [0.29, 0.717) is 6.54 Å². The molecule has 2 saturated heterocycles. The fourth-order valence-electron chi connectivity index (χ4n) is 4.45. The maximum atomic E-state index is 13.1. The molecule has 8 nitrogen and oxygen atoms in total. The van der Waals surface area contributed by atoms with Crippen LogP contribution in [-0.4, -0.2) is 65.6 Å². The predicted molar refractivity (Wildman–Crippen MR) is 133 cm³/mol. The molecule has 34 heavy (non-hydrogen) atoms. The Hall–Kier alpha value is -2.88. The van der Waals surface area contributed by atoms with Crippen molar-refractivity contribution >= 4 is 29.6 Å². The SMILES string of the molecule is Cc1cccc(C2NC(SCC(=O)NCCc3ccccc3)C3C(=O)N(C)C(=O)N(C)C3N2)c1. The second-order valence-corrected chi connectivity index (χ2v) is 9.89. The highest BCUT2D eigenvalue weighted by molar-refractivity contribution is 8.00. The Morgan fingerprint density at radius 3 is 2.56 bits per heavy atom. The van der Waals surface area contributed by atoms with Crippen LogP contribution in [0.2, 0.25) is 0 Å². The third kappa shape index (κ3) is 5.27. The molecule has 3 N–H and O–H groups in total. The van der Waals surface area contributed by atoms with Crippen LogP contribution in [0.5, 0.6) is 0 Å². The van der Waals surface area contributed by atoms with E-state index >= 15 is 0 Å². The third-order valence-electron chi connectivity index (χ3n) is 6.30.